The van der Waals surface area contributed by atoms with Gasteiger partial charge in [0.05, 0.1) is 6.61 Å². The number of thioether (sulfide) groups is 1. The van der Waals surface area contributed by atoms with Crippen molar-refractivity contribution in [2.75, 3.05) is 19.7 Å². The average molecular weight is 424 g/mol. The number of rotatable bonds is 10. The van der Waals surface area contributed by atoms with Crippen molar-refractivity contribution in [3.63, 3.8) is 0 Å². The highest BCUT2D eigenvalue weighted by atomic mass is 32.2. The molecule has 0 atom stereocenters. The minimum Gasteiger partial charge on any atom is -0.395 e. The molecule has 1 heterocycles. The highest BCUT2D eigenvalue weighted by Gasteiger charge is 2.24. The van der Waals surface area contributed by atoms with Gasteiger partial charge >= 0.3 is 0 Å². The van der Waals surface area contributed by atoms with Gasteiger partial charge in [-0.25, -0.2) is 0 Å². The van der Waals surface area contributed by atoms with Crippen LogP contribution in [0.15, 0.2) is 63.6 Å². The van der Waals surface area contributed by atoms with Gasteiger partial charge in [-0.2, -0.15) is 0 Å². The van der Waals surface area contributed by atoms with Crippen molar-refractivity contribution in [2.24, 2.45) is 0 Å². The summed E-state index contributed by atoms with van der Waals surface area (Å²) in [7, 11) is 0. The molecule has 1 N–H and O–H groups in total. The molecule has 0 saturated heterocycles. The molecule has 1 aliphatic carbocycles. The molecule has 0 amide bonds. The standard InChI is InChI=1S/C27H37NOS/c1-4-9-22(28(17-6-3)18-19-29)15-13-21-14-16-27-25(20-21)23(10-5-2)24-11-7-8-12-26(24)30-27/h9-12,14,16,20,29H,4-8,13,15,17-19H2,1-3H3/b22-9?,23-10+. The second-order valence-electron chi connectivity index (χ2n) is 8.04. The maximum absolute atomic E-state index is 9.49. The van der Waals surface area contributed by atoms with Crippen LogP contribution in [0.4, 0.5) is 0 Å². The topological polar surface area (TPSA) is 23.5 Å². The first kappa shape index (κ1) is 23.0. The number of aliphatic hydroxyl groups is 1. The van der Waals surface area contributed by atoms with Crippen LogP contribution in [0.1, 0.15) is 70.4 Å². The Bertz CT molecular complexity index is 840. The number of hydrogen-bond acceptors (Lipinski definition) is 3. The van der Waals surface area contributed by atoms with Crippen LogP contribution < -0.4 is 0 Å². The Balaban J connectivity index is 1.83. The third kappa shape index (κ3) is 5.50. The Morgan fingerprint density at radius 1 is 1.10 bits per heavy atom. The number of benzene rings is 1. The summed E-state index contributed by atoms with van der Waals surface area (Å²) in [6, 6.07) is 7.06. The van der Waals surface area contributed by atoms with E-state index in [-0.39, 0.29) is 6.61 Å². The van der Waals surface area contributed by atoms with Crippen LogP contribution in [0.5, 0.6) is 0 Å². The summed E-state index contributed by atoms with van der Waals surface area (Å²) in [5.41, 5.74) is 7.07. The van der Waals surface area contributed by atoms with Crippen LogP contribution in [0.3, 0.4) is 0 Å². The van der Waals surface area contributed by atoms with Crippen molar-refractivity contribution in [1.82, 2.24) is 4.90 Å². The molecule has 162 valence electrons. The molecule has 0 saturated carbocycles. The lowest BCUT2D eigenvalue weighted by molar-refractivity contribution is 0.222. The Hall–Kier alpha value is -1.71. The maximum atomic E-state index is 9.49. The van der Waals surface area contributed by atoms with Gasteiger partial charge in [0.25, 0.3) is 0 Å². The monoisotopic (exact) mass is 423 g/mol. The molecular weight excluding hydrogens is 386 g/mol. The fourth-order valence-corrected chi connectivity index (χ4v) is 5.55. The maximum Gasteiger partial charge on any atom is 0.0606 e. The number of aryl methyl sites for hydroxylation is 1. The molecule has 3 heteroatoms. The summed E-state index contributed by atoms with van der Waals surface area (Å²) < 4.78 is 0. The van der Waals surface area contributed by atoms with E-state index in [1.807, 2.05) is 11.8 Å². The lowest BCUT2D eigenvalue weighted by atomic mass is 9.90. The number of allylic oxidation sites excluding steroid dienone is 7. The van der Waals surface area contributed by atoms with Crippen LogP contribution in [-0.4, -0.2) is 29.7 Å². The Morgan fingerprint density at radius 2 is 1.93 bits per heavy atom. The third-order valence-electron chi connectivity index (χ3n) is 5.74. The molecule has 2 aliphatic rings. The molecule has 0 bridgehead atoms. The number of aliphatic hydroxyl groups excluding tert-OH is 1. The van der Waals surface area contributed by atoms with Crippen LogP contribution in [0, 0.1) is 0 Å². The Labute approximate surface area is 187 Å². The van der Waals surface area contributed by atoms with E-state index in [2.05, 4.69) is 68.2 Å². The van der Waals surface area contributed by atoms with Gasteiger partial charge in [-0.1, -0.05) is 62.9 Å². The molecule has 30 heavy (non-hydrogen) atoms. The fraction of sp³-hybridized carbons (Fsp3) is 0.481. The van der Waals surface area contributed by atoms with E-state index in [0.717, 1.165) is 58.0 Å². The average Bonchev–Trinajstić information content (AvgIpc) is 2.76. The Kier molecular flexibility index (Phi) is 8.89. The second kappa shape index (κ2) is 11.6. The van der Waals surface area contributed by atoms with Crippen molar-refractivity contribution in [3.05, 3.63) is 69.8 Å². The number of fused-ring (bicyclic) bond motifs is 2. The molecule has 1 aromatic carbocycles. The van der Waals surface area contributed by atoms with Crippen molar-refractivity contribution < 1.29 is 5.11 Å². The van der Waals surface area contributed by atoms with Crippen LogP contribution in [0.25, 0.3) is 5.57 Å². The molecule has 0 radical (unpaired) electrons. The van der Waals surface area contributed by atoms with Gasteiger partial charge in [0.15, 0.2) is 0 Å². The lowest BCUT2D eigenvalue weighted by Gasteiger charge is -2.28. The first-order valence-electron chi connectivity index (χ1n) is 11.7. The summed E-state index contributed by atoms with van der Waals surface area (Å²) in [5.74, 6) is 0. The molecule has 0 fully saturated rings. The van der Waals surface area contributed by atoms with Gasteiger partial charge in [0.2, 0.25) is 0 Å². The van der Waals surface area contributed by atoms with E-state index < -0.39 is 0 Å². The molecule has 1 aliphatic heterocycles. The first-order valence-corrected chi connectivity index (χ1v) is 12.5. The zero-order valence-electron chi connectivity index (χ0n) is 18.9. The highest BCUT2D eigenvalue weighted by molar-refractivity contribution is 8.03. The van der Waals surface area contributed by atoms with Crippen molar-refractivity contribution in [3.8, 4) is 0 Å². The first-order chi connectivity index (χ1) is 14.7. The summed E-state index contributed by atoms with van der Waals surface area (Å²) in [5, 5.41) is 9.49. The molecule has 2 nitrogen and oxygen atoms in total. The van der Waals surface area contributed by atoms with Gasteiger partial charge in [0.1, 0.15) is 0 Å². The van der Waals surface area contributed by atoms with Crippen LogP contribution in [0.2, 0.25) is 0 Å². The molecule has 0 unspecified atom stereocenters. The van der Waals surface area contributed by atoms with E-state index in [1.54, 1.807) is 0 Å². The molecule has 0 spiro atoms. The molecule has 3 rings (SSSR count). The van der Waals surface area contributed by atoms with Crippen molar-refractivity contribution >= 4 is 17.3 Å². The predicted octanol–water partition coefficient (Wildman–Crippen LogP) is 7.12. The molecular formula is C27H37NOS. The summed E-state index contributed by atoms with van der Waals surface area (Å²) in [4.78, 5) is 5.19. The molecule has 0 aromatic heterocycles. The van der Waals surface area contributed by atoms with E-state index in [0.29, 0.717) is 0 Å². The summed E-state index contributed by atoms with van der Waals surface area (Å²) >= 11 is 1.93. The zero-order chi connectivity index (χ0) is 21.3. The van der Waals surface area contributed by atoms with E-state index >= 15 is 0 Å². The van der Waals surface area contributed by atoms with E-state index in [1.165, 1.54) is 37.8 Å². The normalized spacial score (nSPS) is 17.3. The number of nitrogens with zero attached hydrogens (tertiary/aromatic N) is 1. The largest absolute Gasteiger partial charge is 0.395 e. The third-order valence-corrected chi connectivity index (χ3v) is 6.92. The van der Waals surface area contributed by atoms with Crippen LogP contribution >= 0.6 is 11.8 Å². The minimum absolute atomic E-state index is 0.216. The van der Waals surface area contributed by atoms with E-state index in [9.17, 15) is 5.11 Å². The van der Waals surface area contributed by atoms with Gasteiger partial charge in [-0.05, 0) is 79.4 Å². The summed E-state index contributed by atoms with van der Waals surface area (Å²) in [6.45, 7) is 8.60. The minimum atomic E-state index is 0.216. The predicted molar refractivity (Wildman–Crippen MR) is 132 cm³/mol. The van der Waals surface area contributed by atoms with Crippen LogP contribution in [-0.2, 0) is 6.42 Å². The van der Waals surface area contributed by atoms with Gasteiger partial charge in [0, 0.05) is 28.6 Å². The SMILES string of the molecule is CCC=C(CCc1ccc2c(c1)/C(=C/CC)C1=CCCC=C1S2)N(CCC)CCO. The number of hydrogen-bond donors (Lipinski definition) is 1. The molecule has 1 aromatic rings. The second-order valence-corrected chi connectivity index (χ2v) is 9.12. The lowest BCUT2D eigenvalue weighted by Crippen LogP contribution is -2.27. The van der Waals surface area contributed by atoms with Gasteiger partial charge < -0.3 is 10.0 Å². The van der Waals surface area contributed by atoms with E-state index in [4.69, 9.17) is 0 Å². The van der Waals surface area contributed by atoms with Gasteiger partial charge in [-0.15, -0.1) is 0 Å². The fourth-order valence-electron chi connectivity index (χ4n) is 4.40. The summed E-state index contributed by atoms with van der Waals surface area (Å²) in [6.07, 6.45) is 17.2. The van der Waals surface area contributed by atoms with Gasteiger partial charge in [-0.3, -0.25) is 0 Å². The smallest absolute Gasteiger partial charge is 0.0606 e. The van der Waals surface area contributed by atoms with Crippen molar-refractivity contribution in [1.29, 1.82) is 0 Å². The highest BCUT2D eigenvalue weighted by Crippen LogP contribution is 2.49. The zero-order valence-corrected chi connectivity index (χ0v) is 19.7. The Morgan fingerprint density at radius 3 is 2.67 bits per heavy atom. The quantitative estimate of drug-likeness (QED) is 0.433. The van der Waals surface area contributed by atoms with Crippen molar-refractivity contribution in [2.45, 2.75) is 70.6 Å².